The van der Waals surface area contributed by atoms with Crippen LogP contribution >= 0.6 is 0 Å². The molecule has 0 spiro atoms. The van der Waals surface area contributed by atoms with Crippen LogP contribution in [-0.2, 0) is 23.6 Å². The topological polar surface area (TPSA) is 108 Å². The Morgan fingerprint density at radius 1 is 1.18 bits per heavy atom. The van der Waals surface area contributed by atoms with Crippen LogP contribution in [0.3, 0.4) is 0 Å². The maximum Gasteiger partial charge on any atom is 0.494 e. The first-order valence-corrected chi connectivity index (χ1v) is 11.4. The molecule has 2 aliphatic heterocycles. The lowest BCUT2D eigenvalue weighted by molar-refractivity contribution is -0.155. The number of esters is 1. The Kier molecular flexibility index (Phi) is 6.45. The number of primary amides is 1. The highest BCUT2D eigenvalue weighted by Gasteiger charge is 2.52. The van der Waals surface area contributed by atoms with E-state index >= 15 is 0 Å². The molecule has 180 valence electrons. The molecule has 0 aromatic heterocycles. The van der Waals surface area contributed by atoms with Crippen molar-refractivity contribution in [3.05, 3.63) is 29.3 Å². The van der Waals surface area contributed by atoms with Crippen LogP contribution < -0.4 is 11.2 Å². The monoisotopic (exact) mass is 458 g/mol. The van der Waals surface area contributed by atoms with Crippen molar-refractivity contribution in [2.75, 3.05) is 0 Å². The highest BCUT2D eigenvalue weighted by atomic mass is 16.7. The Hall–Kier alpha value is -2.39. The average molecular weight is 458 g/mol. The Morgan fingerprint density at radius 2 is 1.76 bits per heavy atom. The number of benzene rings is 1. The summed E-state index contributed by atoms with van der Waals surface area (Å²) in [6.45, 7) is 15.1. The SMILES string of the molecule is CC1c2cc(B3OC(C)(C)C(C)(C)O3)ccc2C(=O)N1[C@@H](CCC(=O)OC(C)(C)C)C(N)=O. The molecule has 1 unspecified atom stereocenters. The Labute approximate surface area is 196 Å². The molecule has 2 N–H and O–H groups in total. The fraction of sp³-hybridized carbons (Fsp3) is 0.625. The molecule has 33 heavy (non-hydrogen) atoms. The lowest BCUT2D eigenvalue weighted by Crippen LogP contribution is -2.46. The van der Waals surface area contributed by atoms with Crippen LogP contribution in [0.2, 0.25) is 0 Å². The third kappa shape index (κ3) is 4.94. The number of carbonyl (C=O) groups excluding carboxylic acids is 3. The zero-order valence-electron chi connectivity index (χ0n) is 20.9. The molecule has 2 amide bonds. The van der Waals surface area contributed by atoms with E-state index in [1.807, 2.05) is 46.8 Å². The molecule has 0 saturated carbocycles. The summed E-state index contributed by atoms with van der Waals surface area (Å²) in [5.74, 6) is -1.38. The molecular weight excluding hydrogens is 423 g/mol. The van der Waals surface area contributed by atoms with Crippen molar-refractivity contribution in [1.29, 1.82) is 0 Å². The second-order valence-electron chi connectivity index (χ2n) is 10.9. The third-order valence-corrected chi connectivity index (χ3v) is 6.64. The number of rotatable bonds is 6. The zero-order chi connectivity index (χ0) is 24.9. The summed E-state index contributed by atoms with van der Waals surface area (Å²) in [6.07, 6.45) is 0.0787. The zero-order valence-corrected chi connectivity index (χ0v) is 20.9. The third-order valence-electron chi connectivity index (χ3n) is 6.64. The first-order chi connectivity index (χ1) is 15.0. The Bertz CT molecular complexity index is 952. The lowest BCUT2D eigenvalue weighted by atomic mass is 9.77. The van der Waals surface area contributed by atoms with Gasteiger partial charge in [-0.2, -0.15) is 0 Å². The van der Waals surface area contributed by atoms with Gasteiger partial charge in [-0.3, -0.25) is 14.4 Å². The van der Waals surface area contributed by atoms with E-state index in [-0.39, 0.29) is 18.7 Å². The summed E-state index contributed by atoms with van der Waals surface area (Å²) >= 11 is 0. The fourth-order valence-corrected chi connectivity index (χ4v) is 4.19. The van der Waals surface area contributed by atoms with E-state index in [2.05, 4.69) is 0 Å². The van der Waals surface area contributed by atoms with Crippen molar-refractivity contribution in [2.24, 2.45) is 5.73 Å². The van der Waals surface area contributed by atoms with E-state index in [1.54, 1.807) is 26.8 Å². The van der Waals surface area contributed by atoms with Crippen molar-refractivity contribution in [2.45, 2.75) is 97.1 Å². The molecule has 0 bridgehead atoms. The highest BCUT2D eigenvalue weighted by molar-refractivity contribution is 6.62. The smallest absolute Gasteiger partial charge is 0.460 e. The van der Waals surface area contributed by atoms with Crippen molar-refractivity contribution in [3.8, 4) is 0 Å². The first kappa shape index (κ1) is 25.2. The van der Waals surface area contributed by atoms with Crippen LogP contribution in [0.5, 0.6) is 0 Å². The molecule has 2 heterocycles. The second-order valence-corrected chi connectivity index (χ2v) is 10.9. The number of ether oxygens (including phenoxy) is 1. The van der Waals surface area contributed by atoms with Crippen LogP contribution in [0.1, 0.15) is 90.2 Å². The number of fused-ring (bicyclic) bond motifs is 1. The molecule has 1 fully saturated rings. The Morgan fingerprint density at radius 3 is 2.27 bits per heavy atom. The molecule has 0 aliphatic carbocycles. The minimum absolute atomic E-state index is 0.0170. The van der Waals surface area contributed by atoms with Crippen molar-refractivity contribution in [3.63, 3.8) is 0 Å². The van der Waals surface area contributed by atoms with Gasteiger partial charge in [0, 0.05) is 12.0 Å². The fourth-order valence-electron chi connectivity index (χ4n) is 4.19. The van der Waals surface area contributed by atoms with Crippen molar-refractivity contribution in [1.82, 2.24) is 4.90 Å². The maximum atomic E-state index is 13.2. The molecule has 2 atom stereocenters. The molecule has 9 heteroatoms. The van der Waals surface area contributed by atoms with Gasteiger partial charge in [0.2, 0.25) is 5.91 Å². The largest absolute Gasteiger partial charge is 0.494 e. The van der Waals surface area contributed by atoms with E-state index in [9.17, 15) is 14.4 Å². The van der Waals surface area contributed by atoms with E-state index in [4.69, 9.17) is 19.8 Å². The molecule has 8 nitrogen and oxygen atoms in total. The van der Waals surface area contributed by atoms with Gasteiger partial charge in [-0.25, -0.2) is 0 Å². The van der Waals surface area contributed by atoms with Gasteiger partial charge in [-0.05, 0) is 78.9 Å². The minimum atomic E-state index is -0.923. The predicted octanol–water partition coefficient (Wildman–Crippen LogP) is 2.48. The van der Waals surface area contributed by atoms with Gasteiger partial charge < -0.3 is 24.7 Å². The van der Waals surface area contributed by atoms with Crippen LogP contribution in [0.4, 0.5) is 0 Å². The van der Waals surface area contributed by atoms with Gasteiger partial charge in [0.15, 0.2) is 0 Å². The standard InChI is InChI=1S/C24H35BN2O6/c1-14-17-13-15(25-32-23(5,6)24(7,8)33-25)9-10-16(17)21(30)27(14)18(20(26)29)11-12-19(28)31-22(2,3)4/h9-10,13-14,18H,11-12H2,1-8H3,(H2,26,29)/t14?,18-/m0/s1. The van der Waals surface area contributed by atoms with Gasteiger partial charge in [-0.15, -0.1) is 0 Å². The number of amides is 2. The average Bonchev–Trinajstić information content (AvgIpc) is 3.03. The molecule has 2 aliphatic rings. The number of hydrogen-bond acceptors (Lipinski definition) is 6. The van der Waals surface area contributed by atoms with Crippen LogP contribution in [-0.4, -0.2) is 52.6 Å². The van der Waals surface area contributed by atoms with Crippen LogP contribution in [0.25, 0.3) is 0 Å². The van der Waals surface area contributed by atoms with Crippen LogP contribution in [0, 0.1) is 0 Å². The second kappa shape index (κ2) is 8.44. The molecule has 3 rings (SSSR count). The summed E-state index contributed by atoms with van der Waals surface area (Å²) in [6, 6.07) is 4.13. The summed E-state index contributed by atoms with van der Waals surface area (Å²) in [5.41, 5.74) is 6.14. The predicted molar refractivity (Wildman–Crippen MR) is 125 cm³/mol. The highest BCUT2D eigenvalue weighted by Crippen LogP contribution is 2.38. The Balaban J connectivity index is 1.81. The van der Waals surface area contributed by atoms with E-state index < -0.39 is 47.9 Å². The number of hydrogen-bond donors (Lipinski definition) is 1. The summed E-state index contributed by atoms with van der Waals surface area (Å²) in [5, 5.41) is 0. The summed E-state index contributed by atoms with van der Waals surface area (Å²) in [4.78, 5) is 39.1. The minimum Gasteiger partial charge on any atom is -0.460 e. The molecule has 1 aromatic carbocycles. The number of nitrogens with zero attached hydrogens (tertiary/aromatic N) is 1. The van der Waals surface area contributed by atoms with Gasteiger partial charge in [-0.1, -0.05) is 12.1 Å². The summed E-state index contributed by atoms with van der Waals surface area (Å²) in [7, 11) is -0.559. The number of carbonyl (C=O) groups is 3. The van der Waals surface area contributed by atoms with Gasteiger partial charge in [0.25, 0.3) is 5.91 Å². The molecule has 0 radical (unpaired) electrons. The first-order valence-electron chi connectivity index (χ1n) is 11.4. The molecule has 1 aromatic rings. The van der Waals surface area contributed by atoms with Gasteiger partial charge >= 0.3 is 13.1 Å². The van der Waals surface area contributed by atoms with Crippen LogP contribution in [0.15, 0.2) is 18.2 Å². The van der Waals surface area contributed by atoms with Crippen molar-refractivity contribution >= 4 is 30.4 Å². The molecule has 1 saturated heterocycles. The van der Waals surface area contributed by atoms with E-state index in [0.29, 0.717) is 5.56 Å². The quantitative estimate of drug-likeness (QED) is 0.519. The lowest BCUT2D eigenvalue weighted by Gasteiger charge is -2.32. The van der Waals surface area contributed by atoms with Crippen molar-refractivity contribution < 1.29 is 28.4 Å². The van der Waals surface area contributed by atoms with E-state index in [1.165, 1.54) is 4.90 Å². The van der Waals surface area contributed by atoms with Gasteiger partial charge in [0.05, 0.1) is 17.2 Å². The van der Waals surface area contributed by atoms with Gasteiger partial charge in [0.1, 0.15) is 11.6 Å². The molecular formula is C24H35BN2O6. The normalized spacial score (nSPS) is 22.3. The number of nitrogens with two attached hydrogens (primary N) is 1. The summed E-state index contributed by atoms with van der Waals surface area (Å²) < 4.78 is 17.6. The van der Waals surface area contributed by atoms with E-state index in [0.717, 1.165) is 11.0 Å². The maximum absolute atomic E-state index is 13.2.